The van der Waals surface area contributed by atoms with Crippen LogP contribution >= 0.6 is 11.8 Å². The van der Waals surface area contributed by atoms with Gasteiger partial charge < -0.3 is 0 Å². The lowest BCUT2D eigenvalue weighted by atomic mass is 10.2. The first-order chi connectivity index (χ1) is 8.24. The lowest BCUT2D eigenvalue weighted by Gasteiger charge is -2.01. The molecule has 2 rings (SSSR count). The van der Waals surface area contributed by atoms with Gasteiger partial charge >= 0.3 is 5.69 Å². The monoisotopic (exact) mass is 246 g/mol. The van der Waals surface area contributed by atoms with Crippen molar-refractivity contribution >= 4 is 11.8 Å². The quantitative estimate of drug-likeness (QED) is 0.892. The van der Waals surface area contributed by atoms with Gasteiger partial charge in [-0.1, -0.05) is 0 Å². The predicted molar refractivity (Wildman–Crippen MR) is 63.8 cm³/mol. The molecule has 0 unspecified atom stereocenters. The summed E-state index contributed by atoms with van der Waals surface area (Å²) < 4.78 is 1.56. The fourth-order valence-electron chi connectivity index (χ4n) is 1.36. The second-order valence-corrected chi connectivity index (χ2v) is 4.33. The highest BCUT2D eigenvalue weighted by molar-refractivity contribution is 7.99. The third-order valence-corrected chi connectivity index (χ3v) is 3.23. The number of aromatic nitrogens is 3. The largest absolute Gasteiger partial charge is 0.343 e. The SMILES string of the molecule is CCn1c(Sc2ccc(C#N)cc2)n[nH]c1=O. The van der Waals surface area contributed by atoms with Crippen molar-refractivity contribution in [2.75, 3.05) is 0 Å². The molecule has 1 heterocycles. The number of benzene rings is 1. The Kier molecular flexibility index (Phi) is 3.30. The van der Waals surface area contributed by atoms with Crippen LogP contribution in [-0.2, 0) is 6.54 Å². The molecule has 0 aliphatic carbocycles. The Morgan fingerprint density at radius 1 is 1.47 bits per heavy atom. The Balaban J connectivity index is 2.25. The summed E-state index contributed by atoms with van der Waals surface area (Å²) in [6, 6.07) is 9.21. The summed E-state index contributed by atoms with van der Waals surface area (Å²) in [5, 5.41) is 15.7. The van der Waals surface area contributed by atoms with Crippen LogP contribution in [0.1, 0.15) is 12.5 Å². The van der Waals surface area contributed by atoms with Crippen LogP contribution in [0.3, 0.4) is 0 Å². The molecule has 0 radical (unpaired) electrons. The van der Waals surface area contributed by atoms with E-state index in [9.17, 15) is 4.79 Å². The number of hydrogen-bond acceptors (Lipinski definition) is 4. The summed E-state index contributed by atoms with van der Waals surface area (Å²) in [5.41, 5.74) is 0.410. The molecule has 0 fully saturated rings. The molecule has 0 atom stereocenters. The normalized spacial score (nSPS) is 10.1. The molecule has 0 spiro atoms. The summed E-state index contributed by atoms with van der Waals surface area (Å²) in [5.74, 6) is 0. The molecule has 1 N–H and O–H groups in total. The molecule has 1 aromatic heterocycles. The highest BCUT2D eigenvalue weighted by Crippen LogP contribution is 2.24. The fraction of sp³-hybridized carbons (Fsp3) is 0.182. The maximum atomic E-state index is 11.4. The number of H-pyrrole nitrogens is 1. The summed E-state index contributed by atoms with van der Waals surface area (Å²) in [6.45, 7) is 2.47. The van der Waals surface area contributed by atoms with Gasteiger partial charge in [-0.2, -0.15) is 5.26 Å². The van der Waals surface area contributed by atoms with Crippen molar-refractivity contribution in [1.82, 2.24) is 14.8 Å². The lowest BCUT2D eigenvalue weighted by Crippen LogP contribution is -2.15. The van der Waals surface area contributed by atoms with Crippen LogP contribution in [0.5, 0.6) is 0 Å². The Hall–Kier alpha value is -2.00. The molecule has 0 saturated heterocycles. The van der Waals surface area contributed by atoms with Gasteiger partial charge in [0.15, 0.2) is 5.16 Å². The van der Waals surface area contributed by atoms with Gasteiger partial charge in [-0.25, -0.2) is 9.89 Å². The van der Waals surface area contributed by atoms with Crippen molar-refractivity contribution in [2.45, 2.75) is 23.5 Å². The van der Waals surface area contributed by atoms with E-state index in [0.717, 1.165) is 4.90 Å². The Morgan fingerprint density at radius 3 is 2.76 bits per heavy atom. The van der Waals surface area contributed by atoms with Gasteiger partial charge in [0.1, 0.15) is 0 Å². The van der Waals surface area contributed by atoms with Crippen LogP contribution in [0.15, 0.2) is 39.1 Å². The molecule has 0 aliphatic rings. The van der Waals surface area contributed by atoms with Crippen LogP contribution in [-0.4, -0.2) is 14.8 Å². The first-order valence-electron chi connectivity index (χ1n) is 5.08. The van der Waals surface area contributed by atoms with Gasteiger partial charge in [-0.3, -0.25) is 4.57 Å². The zero-order valence-electron chi connectivity index (χ0n) is 9.17. The number of nitriles is 1. The van der Waals surface area contributed by atoms with E-state index in [0.29, 0.717) is 17.3 Å². The Labute approximate surface area is 102 Å². The number of nitrogens with zero attached hydrogens (tertiary/aromatic N) is 3. The molecule has 0 amide bonds. The van der Waals surface area contributed by atoms with Crippen molar-refractivity contribution in [3.8, 4) is 6.07 Å². The predicted octanol–water partition coefficient (Wildman–Crippen LogP) is 1.61. The average molecular weight is 246 g/mol. The van der Waals surface area contributed by atoms with Crippen molar-refractivity contribution < 1.29 is 0 Å². The standard InChI is InChI=1S/C11H10N4OS/c1-2-15-10(16)13-14-11(15)17-9-5-3-8(7-12)4-6-9/h3-6H,2H2,1H3,(H,13,16). The van der Waals surface area contributed by atoms with Gasteiger partial charge in [0, 0.05) is 11.4 Å². The molecule has 0 aliphatic heterocycles. The second kappa shape index (κ2) is 4.89. The lowest BCUT2D eigenvalue weighted by molar-refractivity contribution is 0.660. The first kappa shape index (κ1) is 11.5. The van der Waals surface area contributed by atoms with Gasteiger partial charge in [0.25, 0.3) is 0 Å². The van der Waals surface area contributed by atoms with E-state index in [1.807, 2.05) is 19.1 Å². The third kappa shape index (κ3) is 2.40. The number of nitrogens with one attached hydrogen (secondary N) is 1. The van der Waals surface area contributed by atoms with E-state index in [-0.39, 0.29) is 5.69 Å². The molecular weight excluding hydrogens is 236 g/mol. The highest BCUT2D eigenvalue weighted by atomic mass is 32.2. The van der Waals surface area contributed by atoms with E-state index in [2.05, 4.69) is 16.3 Å². The topological polar surface area (TPSA) is 74.5 Å². The number of hydrogen-bond donors (Lipinski definition) is 1. The summed E-state index contributed by atoms with van der Waals surface area (Å²) in [6.07, 6.45) is 0. The van der Waals surface area contributed by atoms with E-state index in [4.69, 9.17) is 5.26 Å². The van der Waals surface area contributed by atoms with Gasteiger partial charge in [0.2, 0.25) is 0 Å². The minimum Gasteiger partial charge on any atom is -0.270 e. The fourth-order valence-corrected chi connectivity index (χ4v) is 2.26. The molecule has 2 aromatic rings. The van der Waals surface area contributed by atoms with E-state index >= 15 is 0 Å². The van der Waals surface area contributed by atoms with Crippen LogP contribution in [0, 0.1) is 11.3 Å². The van der Waals surface area contributed by atoms with Crippen molar-refractivity contribution in [2.24, 2.45) is 0 Å². The number of rotatable bonds is 3. The van der Waals surface area contributed by atoms with Gasteiger partial charge in [-0.05, 0) is 43.0 Å². The summed E-state index contributed by atoms with van der Waals surface area (Å²) in [7, 11) is 0. The average Bonchev–Trinajstić information content (AvgIpc) is 2.71. The molecular formula is C11H10N4OS. The molecule has 5 nitrogen and oxygen atoms in total. The minimum absolute atomic E-state index is 0.205. The molecule has 1 aromatic carbocycles. The Morgan fingerprint density at radius 2 is 2.18 bits per heavy atom. The minimum atomic E-state index is -0.205. The molecule has 6 heteroatoms. The smallest absolute Gasteiger partial charge is 0.270 e. The third-order valence-electron chi connectivity index (χ3n) is 2.23. The first-order valence-corrected chi connectivity index (χ1v) is 5.89. The van der Waals surface area contributed by atoms with Gasteiger partial charge in [0.05, 0.1) is 11.6 Å². The molecule has 0 saturated carbocycles. The Bertz CT molecular complexity index is 606. The molecule has 17 heavy (non-hydrogen) atoms. The van der Waals surface area contributed by atoms with Crippen molar-refractivity contribution in [3.63, 3.8) is 0 Å². The zero-order valence-corrected chi connectivity index (χ0v) is 9.99. The van der Waals surface area contributed by atoms with E-state index in [1.165, 1.54) is 11.8 Å². The van der Waals surface area contributed by atoms with Crippen LogP contribution in [0.4, 0.5) is 0 Å². The maximum Gasteiger partial charge on any atom is 0.343 e. The highest BCUT2D eigenvalue weighted by Gasteiger charge is 2.07. The van der Waals surface area contributed by atoms with E-state index < -0.39 is 0 Å². The van der Waals surface area contributed by atoms with Crippen LogP contribution in [0.2, 0.25) is 0 Å². The molecule has 0 bridgehead atoms. The second-order valence-electron chi connectivity index (χ2n) is 3.29. The van der Waals surface area contributed by atoms with Crippen molar-refractivity contribution in [1.29, 1.82) is 5.26 Å². The molecule has 86 valence electrons. The van der Waals surface area contributed by atoms with Crippen LogP contribution in [0.25, 0.3) is 0 Å². The number of aromatic amines is 1. The zero-order chi connectivity index (χ0) is 12.3. The maximum absolute atomic E-state index is 11.4. The van der Waals surface area contributed by atoms with Crippen molar-refractivity contribution in [3.05, 3.63) is 40.3 Å². The summed E-state index contributed by atoms with van der Waals surface area (Å²) in [4.78, 5) is 12.3. The van der Waals surface area contributed by atoms with E-state index in [1.54, 1.807) is 16.7 Å². The van der Waals surface area contributed by atoms with Crippen LogP contribution < -0.4 is 5.69 Å². The van der Waals surface area contributed by atoms with Gasteiger partial charge in [-0.15, -0.1) is 5.10 Å². The summed E-state index contributed by atoms with van der Waals surface area (Å²) >= 11 is 1.39.